The second kappa shape index (κ2) is 11.7. The number of hydrogen-bond acceptors (Lipinski definition) is 7. The van der Waals surface area contributed by atoms with Crippen molar-refractivity contribution in [3.05, 3.63) is 73.9 Å². The van der Waals surface area contributed by atoms with Crippen LogP contribution in [-0.4, -0.2) is 63.4 Å². The number of benzene rings is 1. The van der Waals surface area contributed by atoms with Crippen molar-refractivity contribution in [2.45, 2.75) is 57.3 Å². The van der Waals surface area contributed by atoms with E-state index in [0.717, 1.165) is 15.3 Å². The summed E-state index contributed by atoms with van der Waals surface area (Å²) in [7, 11) is 0. The van der Waals surface area contributed by atoms with Crippen LogP contribution in [0.5, 0.6) is 0 Å². The molecule has 12 heteroatoms. The van der Waals surface area contributed by atoms with Crippen molar-refractivity contribution in [2.75, 3.05) is 6.54 Å². The Kier molecular flexibility index (Phi) is 8.54. The summed E-state index contributed by atoms with van der Waals surface area (Å²) in [6, 6.07) is 9.89. The number of aliphatic hydroxyl groups excluding tert-OH is 1. The van der Waals surface area contributed by atoms with Gasteiger partial charge in [0.2, 0.25) is 5.91 Å². The van der Waals surface area contributed by atoms with E-state index in [4.69, 9.17) is 0 Å². The van der Waals surface area contributed by atoms with Crippen LogP contribution < -0.4 is 10.6 Å². The standard InChI is InChI=1S/C26H28F2N4O4S2/c1-15-22(38-16(2)30-15)24(35)31-19(11-17-7-4-3-5-8-17)21(33)25(36)32-14-26(27,28)12-20(32)23(34)29-13-18-9-6-10-37-18/h3-10,19-21,33H,11-14H2,1-2H3,(H,29,34)(H,31,35)/t19-,20-,21-/m0/s1. The van der Waals surface area contributed by atoms with Crippen LogP contribution >= 0.6 is 22.7 Å². The first-order valence-electron chi connectivity index (χ1n) is 12.0. The summed E-state index contributed by atoms with van der Waals surface area (Å²) in [5.74, 6) is -5.60. The van der Waals surface area contributed by atoms with Crippen molar-refractivity contribution in [1.82, 2.24) is 20.5 Å². The first-order valence-corrected chi connectivity index (χ1v) is 13.7. The van der Waals surface area contributed by atoms with Crippen LogP contribution in [0.2, 0.25) is 0 Å². The molecule has 1 saturated heterocycles. The molecule has 0 spiro atoms. The molecule has 0 saturated carbocycles. The topological polar surface area (TPSA) is 112 Å². The molecule has 3 amide bonds. The molecule has 1 aliphatic heterocycles. The van der Waals surface area contributed by atoms with Crippen LogP contribution in [0.4, 0.5) is 8.78 Å². The Hall–Kier alpha value is -3.22. The molecule has 3 aromatic rings. The number of likely N-dealkylation sites (tertiary alicyclic amines) is 1. The maximum atomic E-state index is 14.4. The highest BCUT2D eigenvalue weighted by atomic mass is 32.1. The molecule has 0 aliphatic carbocycles. The monoisotopic (exact) mass is 562 g/mol. The van der Waals surface area contributed by atoms with E-state index in [1.165, 1.54) is 22.7 Å². The zero-order valence-corrected chi connectivity index (χ0v) is 22.5. The van der Waals surface area contributed by atoms with Crippen LogP contribution in [0.15, 0.2) is 47.8 Å². The Morgan fingerprint density at radius 3 is 2.55 bits per heavy atom. The molecule has 8 nitrogen and oxygen atoms in total. The quantitative estimate of drug-likeness (QED) is 0.371. The molecule has 0 radical (unpaired) electrons. The number of hydrogen-bond donors (Lipinski definition) is 3. The maximum Gasteiger partial charge on any atom is 0.267 e. The molecule has 202 valence electrons. The molecule has 0 bridgehead atoms. The molecule has 38 heavy (non-hydrogen) atoms. The number of carbonyl (C=O) groups is 3. The molecular weight excluding hydrogens is 534 g/mol. The van der Waals surface area contributed by atoms with Gasteiger partial charge in [0.05, 0.1) is 29.8 Å². The first-order chi connectivity index (χ1) is 18.0. The van der Waals surface area contributed by atoms with Crippen molar-refractivity contribution in [3.63, 3.8) is 0 Å². The fourth-order valence-electron chi connectivity index (χ4n) is 4.42. The highest BCUT2D eigenvalue weighted by Gasteiger charge is 2.51. The molecule has 1 aromatic carbocycles. The van der Waals surface area contributed by atoms with Gasteiger partial charge < -0.3 is 20.6 Å². The fraction of sp³-hybridized carbons (Fsp3) is 0.385. The van der Waals surface area contributed by atoms with Gasteiger partial charge in [0, 0.05) is 11.3 Å². The number of thiophene rings is 1. The maximum absolute atomic E-state index is 14.4. The van der Waals surface area contributed by atoms with E-state index in [-0.39, 0.29) is 13.0 Å². The second-order valence-corrected chi connectivity index (χ2v) is 11.4. The number of nitrogens with zero attached hydrogens (tertiary/aromatic N) is 2. The minimum Gasteiger partial charge on any atom is -0.381 e. The molecule has 3 atom stereocenters. The predicted molar refractivity (Wildman–Crippen MR) is 140 cm³/mol. The van der Waals surface area contributed by atoms with Crippen LogP contribution in [0.1, 0.15) is 37.2 Å². The third kappa shape index (κ3) is 6.61. The highest BCUT2D eigenvalue weighted by molar-refractivity contribution is 7.13. The number of thiazole rings is 1. The molecule has 4 rings (SSSR count). The summed E-state index contributed by atoms with van der Waals surface area (Å²) in [4.78, 5) is 45.4. The first kappa shape index (κ1) is 27.8. The van der Waals surface area contributed by atoms with Gasteiger partial charge in [0.1, 0.15) is 10.9 Å². The highest BCUT2D eigenvalue weighted by Crippen LogP contribution is 2.33. The minimum atomic E-state index is -3.30. The lowest BCUT2D eigenvalue weighted by molar-refractivity contribution is -0.147. The zero-order valence-electron chi connectivity index (χ0n) is 20.8. The van der Waals surface area contributed by atoms with Gasteiger partial charge in [-0.3, -0.25) is 14.4 Å². The number of rotatable bonds is 9. The molecule has 2 aromatic heterocycles. The van der Waals surface area contributed by atoms with E-state index in [1.807, 2.05) is 5.38 Å². The van der Waals surface area contributed by atoms with Gasteiger partial charge in [0.25, 0.3) is 17.7 Å². The van der Waals surface area contributed by atoms with Crippen molar-refractivity contribution in [2.24, 2.45) is 0 Å². The van der Waals surface area contributed by atoms with Gasteiger partial charge in [-0.15, -0.1) is 22.7 Å². The average Bonchev–Trinajstić information content (AvgIpc) is 3.60. The molecule has 0 unspecified atom stereocenters. The molecule has 3 heterocycles. The third-order valence-corrected chi connectivity index (χ3v) is 8.18. The summed E-state index contributed by atoms with van der Waals surface area (Å²) < 4.78 is 28.9. The number of carbonyl (C=O) groups excluding carboxylic acids is 3. The lowest BCUT2D eigenvalue weighted by Crippen LogP contribution is -2.55. The summed E-state index contributed by atoms with van der Waals surface area (Å²) in [6.07, 6.45) is -2.65. The summed E-state index contributed by atoms with van der Waals surface area (Å²) in [5, 5.41) is 18.9. The van der Waals surface area contributed by atoms with Crippen molar-refractivity contribution in [1.29, 1.82) is 0 Å². The number of alkyl halides is 2. The Morgan fingerprint density at radius 2 is 1.92 bits per heavy atom. The van der Waals surface area contributed by atoms with Gasteiger partial charge in [-0.2, -0.15) is 0 Å². The Balaban J connectivity index is 1.54. The lowest BCUT2D eigenvalue weighted by Gasteiger charge is -2.30. The normalized spacial score (nSPS) is 18.1. The number of halogens is 2. The molecule has 1 aliphatic rings. The van der Waals surface area contributed by atoms with Gasteiger partial charge in [-0.25, -0.2) is 13.8 Å². The second-order valence-electron chi connectivity index (χ2n) is 9.20. The number of aromatic nitrogens is 1. The fourth-order valence-corrected chi connectivity index (χ4v) is 5.88. The van der Waals surface area contributed by atoms with Crippen molar-refractivity contribution in [3.8, 4) is 0 Å². The summed E-state index contributed by atoms with van der Waals surface area (Å²) >= 11 is 2.58. The lowest BCUT2D eigenvalue weighted by atomic mass is 9.99. The summed E-state index contributed by atoms with van der Waals surface area (Å²) in [6.45, 7) is 2.58. The summed E-state index contributed by atoms with van der Waals surface area (Å²) in [5.41, 5.74) is 1.23. The van der Waals surface area contributed by atoms with Crippen LogP contribution in [0, 0.1) is 13.8 Å². The minimum absolute atomic E-state index is 0.0653. The van der Waals surface area contributed by atoms with E-state index < -0.39 is 54.8 Å². The van der Waals surface area contributed by atoms with E-state index in [9.17, 15) is 28.3 Å². The molecular formula is C26H28F2N4O4S2. The third-order valence-electron chi connectivity index (χ3n) is 6.23. The molecule has 1 fully saturated rings. The Morgan fingerprint density at radius 1 is 1.18 bits per heavy atom. The van der Waals surface area contributed by atoms with Crippen LogP contribution in [0.3, 0.4) is 0 Å². The van der Waals surface area contributed by atoms with Gasteiger partial charge in [-0.05, 0) is 37.3 Å². The zero-order chi connectivity index (χ0) is 27.4. The SMILES string of the molecule is Cc1nc(C)c(C(=O)N[C@@H](Cc2ccccc2)[C@H](O)C(=O)N2CC(F)(F)C[C@H]2C(=O)NCc2cccs2)s1. The van der Waals surface area contributed by atoms with E-state index in [0.29, 0.717) is 15.6 Å². The number of aliphatic hydroxyl groups is 1. The Labute approximate surface area is 226 Å². The van der Waals surface area contributed by atoms with Crippen LogP contribution in [0.25, 0.3) is 0 Å². The van der Waals surface area contributed by atoms with E-state index >= 15 is 0 Å². The van der Waals surface area contributed by atoms with Gasteiger partial charge >= 0.3 is 0 Å². The average molecular weight is 563 g/mol. The van der Waals surface area contributed by atoms with E-state index in [1.54, 1.807) is 56.3 Å². The van der Waals surface area contributed by atoms with Crippen LogP contribution in [-0.2, 0) is 22.6 Å². The number of aryl methyl sites for hydroxylation is 2. The van der Waals surface area contributed by atoms with Crippen molar-refractivity contribution < 1.29 is 28.3 Å². The Bertz CT molecular complexity index is 1280. The smallest absolute Gasteiger partial charge is 0.267 e. The van der Waals surface area contributed by atoms with Gasteiger partial charge in [-0.1, -0.05) is 36.4 Å². The van der Waals surface area contributed by atoms with E-state index in [2.05, 4.69) is 15.6 Å². The number of amides is 3. The van der Waals surface area contributed by atoms with Gasteiger partial charge in [0.15, 0.2) is 6.10 Å². The van der Waals surface area contributed by atoms with Crippen molar-refractivity contribution >= 4 is 40.4 Å². The molecule has 3 N–H and O–H groups in total. The number of nitrogens with one attached hydrogen (secondary N) is 2. The predicted octanol–water partition coefficient (Wildman–Crippen LogP) is 3.08. The largest absolute Gasteiger partial charge is 0.381 e.